The van der Waals surface area contributed by atoms with Crippen molar-refractivity contribution in [1.82, 2.24) is 4.98 Å². The summed E-state index contributed by atoms with van der Waals surface area (Å²) >= 11 is 6.03. The number of anilines is 3. The second-order valence-electron chi connectivity index (χ2n) is 5.59. The maximum Gasteiger partial charge on any atom is 0.274 e. The number of methoxy groups -OCH3 is 2. The summed E-state index contributed by atoms with van der Waals surface area (Å²) in [6.45, 7) is 0. The van der Waals surface area contributed by atoms with E-state index in [9.17, 15) is 4.79 Å². The van der Waals surface area contributed by atoms with E-state index >= 15 is 0 Å². The molecule has 0 radical (unpaired) electrons. The number of carbonyl (C=O) groups excluding carboxylic acids is 1. The molecule has 0 aliphatic rings. The Labute approximate surface area is 162 Å². The van der Waals surface area contributed by atoms with Crippen LogP contribution in [0.5, 0.6) is 11.5 Å². The molecular formula is C20H18ClN3O3. The van der Waals surface area contributed by atoms with Crippen molar-refractivity contribution in [2.24, 2.45) is 0 Å². The summed E-state index contributed by atoms with van der Waals surface area (Å²) in [5, 5.41) is 6.55. The van der Waals surface area contributed by atoms with Crippen LogP contribution in [0.1, 0.15) is 10.5 Å². The lowest BCUT2D eigenvalue weighted by atomic mass is 10.2. The van der Waals surface area contributed by atoms with Gasteiger partial charge in [0.2, 0.25) is 0 Å². The fourth-order valence-electron chi connectivity index (χ4n) is 2.43. The quantitative estimate of drug-likeness (QED) is 0.642. The first kappa shape index (κ1) is 18.5. The smallest absolute Gasteiger partial charge is 0.274 e. The molecule has 0 unspecified atom stereocenters. The van der Waals surface area contributed by atoms with Crippen LogP contribution in [-0.2, 0) is 0 Å². The average molecular weight is 384 g/mol. The largest absolute Gasteiger partial charge is 0.497 e. The van der Waals surface area contributed by atoms with Crippen LogP contribution in [0.3, 0.4) is 0 Å². The summed E-state index contributed by atoms with van der Waals surface area (Å²) in [4.78, 5) is 16.6. The van der Waals surface area contributed by atoms with E-state index in [1.807, 2.05) is 0 Å². The number of hydrogen-bond acceptors (Lipinski definition) is 5. The van der Waals surface area contributed by atoms with Gasteiger partial charge in [0.25, 0.3) is 5.91 Å². The molecule has 0 spiro atoms. The number of nitrogens with zero attached hydrogens (tertiary/aromatic N) is 1. The maximum absolute atomic E-state index is 12.4. The summed E-state index contributed by atoms with van der Waals surface area (Å²) in [5.74, 6) is 1.00. The number of pyridine rings is 1. The van der Waals surface area contributed by atoms with Gasteiger partial charge in [-0.05, 0) is 42.5 Å². The van der Waals surface area contributed by atoms with Crippen molar-refractivity contribution in [1.29, 1.82) is 0 Å². The minimum atomic E-state index is -0.310. The van der Waals surface area contributed by atoms with Crippen LogP contribution in [0.4, 0.5) is 17.1 Å². The number of amides is 1. The average Bonchev–Trinajstić information content (AvgIpc) is 2.69. The Morgan fingerprint density at radius 1 is 1.00 bits per heavy atom. The molecule has 138 valence electrons. The lowest BCUT2D eigenvalue weighted by Crippen LogP contribution is -2.13. The third kappa shape index (κ3) is 4.68. The highest BCUT2D eigenvalue weighted by molar-refractivity contribution is 6.31. The summed E-state index contributed by atoms with van der Waals surface area (Å²) in [5.41, 5.74) is 2.34. The fraction of sp³-hybridized carbons (Fsp3) is 0.100. The topological polar surface area (TPSA) is 72.5 Å². The van der Waals surface area contributed by atoms with Crippen molar-refractivity contribution in [3.8, 4) is 11.5 Å². The standard InChI is InChI=1S/C20H18ClN3O3/c1-26-16-5-3-4-14(11-16)24-20(25)17-8-7-15(12-22-17)23-18-10-13(21)6-9-19(18)27-2/h3-12,23H,1-2H3,(H,24,25). The zero-order chi connectivity index (χ0) is 19.2. The van der Waals surface area contributed by atoms with E-state index in [2.05, 4.69) is 15.6 Å². The van der Waals surface area contributed by atoms with E-state index < -0.39 is 0 Å². The van der Waals surface area contributed by atoms with Crippen molar-refractivity contribution >= 4 is 34.6 Å². The van der Waals surface area contributed by atoms with Crippen LogP contribution in [0, 0.1) is 0 Å². The molecule has 0 atom stereocenters. The maximum atomic E-state index is 12.4. The third-order valence-electron chi connectivity index (χ3n) is 3.76. The fourth-order valence-corrected chi connectivity index (χ4v) is 2.60. The summed E-state index contributed by atoms with van der Waals surface area (Å²) in [6.07, 6.45) is 1.57. The first-order valence-corrected chi connectivity index (χ1v) is 8.49. The molecule has 27 heavy (non-hydrogen) atoms. The Balaban J connectivity index is 1.71. The van der Waals surface area contributed by atoms with Gasteiger partial charge < -0.3 is 20.1 Å². The van der Waals surface area contributed by atoms with Crippen molar-refractivity contribution in [2.45, 2.75) is 0 Å². The van der Waals surface area contributed by atoms with Gasteiger partial charge in [0.05, 0.1) is 31.8 Å². The number of halogens is 1. The van der Waals surface area contributed by atoms with Crippen LogP contribution in [0.2, 0.25) is 5.02 Å². The molecule has 0 bridgehead atoms. The molecule has 2 aromatic carbocycles. The van der Waals surface area contributed by atoms with Gasteiger partial charge in [-0.3, -0.25) is 4.79 Å². The second kappa shape index (κ2) is 8.42. The monoisotopic (exact) mass is 383 g/mol. The molecule has 3 aromatic rings. The number of benzene rings is 2. The predicted molar refractivity (Wildman–Crippen MR) is 106 cm³/mol. The van der Waals surface area contributed by atoms with E-state index in [0.29, 0.717) is 39.3 Å². The van der Waals surface area contributed by atoms with E-state index in [1.165, 1.54) is 0 Å². The predicted octanol–water partition coefficient (Wildman–Crippen LogP) is 4.75. The highest BCUT2D eigenvalue weighted by Crippen LogP contribution is 2.30. The van der Waals surface area contributed by atoms with Gasteiger partial charge in [-0.25, -0.2) is 4.98 Å². The summed E-state index contributed by atoms with van der Waals surface area (Å²) in [6, 6.07) is 15.8. The van der Waals surface area contributed by atoms with Crippen LogP contribution < -0.4 is 20.1 Å². The lowest BCUT2D eigenvalue weighted by molar-refractivity contribution is 0.102. The number of aromatic nitrogens is 1. The highest BCUT2D eigenvalue weighted by atomic mass is 35.5. The van der Waals surface area contributed by atoms with Gasteiger partial charge in [0.15, 0.2) is 0 Å². The van der Waals surface area contributed by atoms with Crippen LogP contribution in [0.15, 0.2) is 60.8 Å². The Morgan fingerprint density at radius 2 is 1.85 bits per heavy atom. The Kier molecular flexibility index (Phi) is 5.78. The van der Waals surface area contributed by atoms with Crippen LogP contribution >= 0.6 is 11.6 Å². The van der Waals surface area contributed by atoms with E-state index in [0.717, 1.165) is 0 Å². The zero-order valence-corrected chi connectivity index (χ0v) is 15.6. The van der Waals surface area contributed by atoms with Gasteiger partial charge in [0, 0.05) is 16.8 Å². The second-order valence-corrected chi connectivity index (χ2v) is 6.02. The molecule has 6 nitrogen and oxygen atoms in total. The van der Waals surface area contributed by atoms with Gasteiger partial charge in [-0.15, -0.1) is 0 Å². The first-order valence-electron chi connectivity index (χ1n) is 8.11. The number of hydrogen-bond donors (Lipinski definition) is 2. The molecule has 0 aliphatic heterocycles. The van der Waals surface area contributed by atoms with Crippen molar-refractivity contribution < 1.29 is 14.3 Å². The van der Waals surface area contributed by atoms with Gasteiger partial charge >= 0.3 is 0 Å². The van der Waals surface area contributed by atoms with Gasteiger partial charge in [0.1, 0.15) is 17.2 Å². The first-order chi connectivity index (χ1) is 13.1. The molecule has 0 aliphatic carbocycles. The molecule has 0 saturated heterocycles. The Hall–Kier alpha value is -3.25. The summed E-state index contributed by atoms with van der Waals surface area (Å²) in [7, 11) is 3.15. The van der Waals surface area contributed by atoms with Crippen LogP contribution in [0.25, 0.3) is 0 Å². The molecule has 3 rings (SSSR count). The normalized spacial score (nSPS) is 10.2. The van der Waals surface area contributed by atoms with Crippen molar-refractivity contribution in [3.05, 3.63) is 71.5 Å². The molecule has 1 amide bonds. The number of nitrogens with one attached hydrogen (secondary N) is 2. The minimum Gasteiger partial charge on any atom is -0.497 e. The van der Waals surface area contributed by atoms with Crippen molar-refractivity contribution in [2.75, 3.05) is 24.9 Å². The van der Waals surface area contributed by atoms with Crippen molar-refractivity contribution in [3.63, 3.8) is 0 Å². The van der Waals surface area contributed by atoms with Gasteiger partial charge in [-0.1, -0.05) is 17.7 Å². The molecule has 0 saturated carbocycles. The Morgan fingerprint density at radius 3 is 2.56 bits per heavy atom. The zero-order valence-electron chi connectivity index (χ0n) is 14.8. The molecule has 1 heterocycles. The number of ether oxygens (including phenoxy) is 2. The van der Waals surface area contributed by atoms with E-state index in [4.69, 9.17) is 21.1 Å². The highest BCUT2D eigenvalue weighted by Gasteiger charge is 2.09. The molecule has 7 heteroatoms. The molecule has 2 N–H and O–H groups in total. The van der Waals surface area contributed by atoms with E-state index in [1.54, 1.807) is 75.0 Å². The van der Waals surface area contributed by atoms with Crippen LogP contribution in [-0.4, -0.2) is 25.1 Å². The summed E-state index contributed by atoms with van der Waals surface area (Å²) < 4.78 is 10.5. The van der Waals surface area contributed by atoms with Gasteiger partial charge in [-0.2, -0.15) is 0 Å². The Bertz CT molecular complexity index is 945. The minimum absolute atomic E-state index is 0.293. The molecule has 0 fully saturated rings. The molecular weight excluding hydrogens is 366 g/mol. The number of carbonyl (C=O) groups is 1. The number of rotatable bonds is 6. The van der Waals surface area contributed by atoms with E-state index in [-0.39, 0.29) is 5.91 Å². The lowest BCUT2D eigenvalue weighted by Gasteiger charge is -2.12. The SMILES string of the molecule is COc1cccc(NC(=O)c2ccc(Nc3cc(Cl)ccc3OC)cn2)c1. The third-order valence-corrected chi connectivity index (χ3v) is 4.00. The molecule has 1 aromatic heterocycles.